The molecule has 0 atom stereocenters. The van der Waals surface area contributed by atoms with Gasteiger partial charge in [0.2, 0.25) is 0 Å². The Morgan fingerprint density at radius 2 is 2.00 bits per heavy atom. The van der Waals surface area contributed by atoms with E-state index >= 15 is 0 Å². The van der Waals surface area contributed by atoms with Crippen molar-refractivity contribution in [3.8, 4) is 11.4 Å². The molecule has 0 aliphatic carbocycles. The molecule has 19 heavy (non-hydrogen) atoms. The van der Waals surface area contributed by atoms with E-state index in [0.29, 0.717) is 17.2 Å². The number of nitrogen functional groups attached to an aromatic ring is 1. The molecule has 0 saturated heterocycles. The maximum Gasteiger partial charge on any atom is 0.163 e. The van der Waals surface area contributed by atoms with E-state index in [1.54, 1.807) is 6.07 Å². The van der Waals surface area contributed by atoms with E-state index in [1.165, 1.54) is 12.1 Å². The highest BCUT2D eigenvalue weighted by molar-refractivity contribution is 14.1. The lowest BCUT2D eigenvalue weighted by molar-refractivity contribution is 0.628. The van der Waals surface area contributed by atoms with Gasteiger partial charge in [0, 0.05) is 10.0 Å². The highest BCUT2D eigenvalue weighted by Gasteiger charge is 2.16. The first-order valence-corrected chi connectivity index (χ1v) is 7.55. The van der Waals surface area contributed by atoms with Crippen LogP contribution in [-0.4, -0.2) is 9.97 Å². The quantitative estimate of drug-likeness (QED) is 0.713. The van der Waals surface area contributed by atoms with Gasteiger partial charge in [-0.25, -0.2) is 14.4 Å². The molecule has 1 heterocycles. The van der Waals surface area contributed by atoms with Gasteiger partial charge in [0.1, 0.15) is 11.6 Å². The van der Waals surface area contributed by atoms with E-state index in [2.05, 4.69) is 48.5 Å². The zero-order valence-corrected chi connectivity index (χ0v) is 14.2. The van der Waals surface area contributed by atoms with Gasteiger partial charge in [0.05, 0.1) is 9.26 Å². The molecule has 2 rings (SSSR count). The third kappa shape index (κ3) is 3.05. The summed E-state index contributed by atoms with van der Waals surface area (Å²) in [5.74, 6) is 0.756. The number of benzene rings is 1. The monoisotopic (exact) mass is 435 g/mol. The van der Waals surface area contributed by atoms with Gasteiger partial charge in [-0.1, -0.05) is 29.8 Å². The fourth-order valence-electron chi connectivity index (χ4n) is 1.65. The van der Waals surface area contributed by atoms with Gasteiger partial charge in [0.25, 0.3) is 0 Å². The van der Waals surface area contributed by atoms with Gasteiger partial charge in [-0.2, -0.15) is 0 Å². The van der Waals surface area contributed by atoms with Crippen LogP contribution in [0.3, 0.4) is 0 Å². The summed E-state index contributed by atoms with van der Waals surface area (Å²) in [4.78, 5) is 8.76. The summed E-state index contributed by atoms with van der Waals surface area (Å²) < 4.78 is 15.0. The van der Waals surface area contributed by atoms with Crippen LogP contribution in [0.25, 0.3) is 11.4 Å². The molecule has 0 spiro atoms. The zero-order valence-electron chi connectivity index (χ0n) is 10.4. The predicted molar refractivity (Wildman–Crippen MR) is 86.3 cm³/mol. The number of aromatic nitrogens is 2. The normalized spacial score (nSPS) is 11.1. The molecule has 0 amide bonds. The average Bonchev–Trinajstić information content (AvgIpc) is 2.35. The van der Waals surface area contributed by atoms with Gasteiger partial charge in [-0.3, -0.25) is 0 Å². The van der Waals surface area contributed by atoms with Crippen LogP contribution in [0.2, 0.25) is 0 Å². The van der Waals surface area contributed by atoms with E-state index in [0.717, 1.165) is 13.7 Å². The van der Waals surface area contributed by atoms with Crippen molar-refractivity contribution in [2.24, 2.45) is 0 Å². The largest absolute Gasteiger partial charge is 0.383 e. The van der Waals surface area contributed by atoms with Gasteiger partial charge in [-0.05, 0) is 46.7 Å². The summed E-state index contributed by atoms with van der Waals surface area (Å²) in [6.45, 7) is 4.07. The minimum Gasteiger partial charge on any atom is -0.383 e. The van der Waals surface area contributed by atoms with E-state index in [4.69, 9.17) is 5.73 Å². The molecule has 2 N–H and O–H groups in total. The molecule has 0 unspecified atom stereocenters. The van der Waals surface area contributed by atoms with Crippen molar-refractivity contribution in [2.45, 2.75) is 19.8 Å². The summed E-state index contributed by atoms with van der Waals surface area (Å²) in [7, 11) is 0. The fourth-order valence-corrected chi connectivity index (χ4v) is 2.94. The molecule has 0 fully saturated rings. The molecule has 0 radical (unpaired) electrons. The van der Waals surface area contributed by atoms with Crippen LogP contribution in [0.4, 0.5) is 10.2 Å². The van der Waals surface area contributed by atoms with Crippen LogP contribution in [-0.2, 0) is 0 Å². The molecule has 2 aromatic rings. The van der Waals surface area contributed by atoms with Crippen molar-refractivity contribution < 1.29 is 4.39 Å². The Morgan fingerprint density at radius 1 is 1.32 bits per heavy atom. The van der Waals surface area contributed by atoms with Crippen molar-refractivity contribution >= 4 is 44.3 Å². The van der Waals surface area contributed by atoms with Crippen molar-refractivity contribution in [1.82, 2.24) is 9.97 Å². The fraction of sp³-hybridized carbons (Fsp3) is 0.231. The highest BCUT2D eigenvalue weighted by atomic mass is 127. The molecule has 1 aromatic carbocycles. The molecule has 0 aliphatic heterocycles. The molecular formula is C13H12BrFIN3. The number of hydrogen-bond donors (Lipinski definition) is 1. The van der Waals surface area contributed by atoms with Crippen LogP contribution in [0.5, 0.6) is 0 Å². The van der Waals surface area contributed by atoms with Gasteiger partial charge in [-0.15, -0.1) is 0 Å². The van der Waals surface area contributed by atoms with Crippen LogP contribution in [0.1, 0.15) is 25.5 Å². The Kier molecular flexibility index (Phi) is 4.39. The lowest BCUT2D eigenvalue weighted by Gasteiger charge is -2.12. The van der Waals surface area contributed by atoms with Gasteiger partial charge in [0.15, 0.2) is 5.82 Å². The van der Waals surface area contributed by atoms with Crippen molar-refractivity contribution in [3.63, 3.8) is 0 Å². The van der Waals surface area contributed by atoms with Crippen LogP contribution in [0.15, 0.2) is 22.7 Å². The number of nitrogens with zero attached hydrogens (tertiary/aromatic N) is 2. The zero-order chi connectivity index (χ0) is 14.2. The third-order valence-electron chi connectivity index (χ3n) is 2.62. The molecular weight excluding hydrogens is 424 g/mol. The predicted octanol–water partition coefficient (Wildman–Crippen LogP) is 4.36. The van der Waals surface area contributed by atoms with Crippen molar-refractivity contribution in [1.29, 1.82) is 0 Å². The first kappa shape index (κ1) is 14.6. The summed E-state index contributed by atoms with van der Waals surface area (Å²) in [5, 5.41) is 0. The number of hydrogen-bond acceptors (Lipinski definition) is 3. The lowest BCUT2D eigenvalue weighted by Crippen LogP contribution is -2.06. The van der Waals surface area contributed by atoms with E-state index < -0.39 is 0 Å². The summed E-state index contributed by atoms with van der Waals surface area (Å²) in [5.41, 5.74) is 7.39. The Balaban J connectivity index is 2.66. The number of rotatable bonds is 2. The summed E-state index contributed by atoms with van der Waals surface area (Å²) in [6, 6.07) is 4.42. The molecule has 1 aromatic heterocycles. The number of halogens is 3. The molecule has 0 aliphatic rings. The van der Waals surface area contributed by atoms with Crippen molar-refractivity contribution in [2.75, 3.05) is 5.73 Å². The molecule has 0 saturated carbocycles. The molecule has 3 nitrogen and oxygen atoms in total. The topological polar surface area (TPSA) is 51.8 Å². The lowest BCUT2D eigenvalue weighted by atomic mass is 10.1. The van der Waals surface area contributed by atoms with E-state index in [9.17, 15) is 4.39 Å². The SMILES string of the molecule is CC(C)c1nc(-c2cc(F)ccc2Br)nc(N)c1I. The Morgan fingerprint density at radius 3 is 2.63 bits per heavy atom. The van der Waals surface area contributed by atoms with Gasteiger partial charge < -0.3 is 5.73 Å². The Labute approximate surface area is 133 Å². The first-order valence-electron chi connectivity index (χ1n) is 5.68. The van der Waals surface area contributed by atoms with E-state index in [-0.39, 0.29) is 11.7 Å². The average molecular weight is 436 g/mol. The molecule has 0 bridgehead atoms. The minimum atomic E-state index is -0.329. The van der Waals surface area contributed by atoms with Crippen LogP contribution in [0, 0.1) is 9.39 Å². The van der Waals surface area contributed by atoms with Crippen LogP contribution >= 0.6 is 38.5 Å². The van der Waals surface area contributed by atoms with Crippen LogP contribution < -0.4 is 5.73 Å². The Hall–Kier alpha value is -0.760. The molecule has 100 valence electrons. The highest BCUT2D eigenvalue weighted by Crippen LogP contribution is 2.30. The van der Waals surface area contributed by atoms with E-state index in [1.807, 2.05) is 13.8 Å². The smallest absolute Gasteiger partial charge is 0.163 e. The standard InChI is InChI=1S/C13H12BrFIN3/c1-6(2)11-10(16)12(17)19-13(18-11)8-5-7(15)3-4-9(8)14/h3-6H,1-2H3,(H2,17,18,19). The Bertz CT molecular complexity index is 632. The van der Waals surface area contributed by atoms with Crippen molar-refractivity contribution in [3.05, 3.63) is 37.8 Å². The minimum absolute atomic E-state index is 0.225. The first-order chi connectivity index (χ1) is 8.90. The maximum absolute atomic E-state index is 13.4. The van der Waals surface area contributed by atoms with Gasteiger partial charge >= 0.3 is 0 Å². The molecule has 6 heteroatoms. The second kappa shape index (κ2) is 5.70. The maximum atomic E-state index is 13.4. The summed E-state index contributed by atoms with van der Waals surface area (Å²) >= 11 is 5.52. The summed E-state index contributed by atoms with van der Waals surface area (Å²) in [6.07, 6.45) is 0. The second-order valence-electron chi connectivity index (χ2n) is 4.41. The number of anilines is 1. The number of nitrogens with two attached hydrogens (primary N) is 1. The third-order valence-corrected chi connectivity index (χ3v) is 4.42. The second-order valence-corrected chi connectivity index (χ2v) is 6.34.